The van der Waals surface area contributed by atoms with E-state index >= 15 is 0 Å². The van der Waals surface area contributed by atoms with Crippen molar-refractivity contribution < 1.29 is 0 Å². The largest absolute Gasteiger partial charge is 0.208 e. The van der Waals surface area contributed by atoms with Gasteiger partial charge in [-0.25, -0.2) is 15.0 Å². The number of aromatic nitrogens is 3. The zero-order valence-electron chi connectivity index (χ0n) is 34.5. The number of rotatable bonds is 5. The molecule has 2 aliphatic carbocycles. The van der Waals surface area contributed by atoms with Gasteiger partial charge in [-0.1, -0.05) is 220 Å². The highest BCUT2D eigenvalue weighted by Crippen LogP contribution is 2.63. The van der Waals surface area contributed by atoms with Crippen LogP contribution < -0.4 is 0 Å². The molecular weight excluding hydrogens is 751 g/mol. The first kappa shape index (κ1) is 36.1. The van der Waals surface area contributed by atoms with E-state index in [-0.39, 0.29) is 5.41 Å². The molecule has 0 saturated heterocycles. The normalized spacial score (nSPS) is 13.9. The Labute approximate surface area is 362 Å². The molecule has 62 heavy (non-hydrogen) atoms. The van der Waals surface area contributed by atoms with Gasteiger partial charge in [0.05, 0.1) is 5.41 Å². The molecule has 3 heteroatoms. The van der Waals surface area contributed by atoms with Crippen molar-refractivity contribution in [2.45, 2.75) is 24.7 Å². The fraction of sp³-hybridized carbons (Fsp3) is 0.0678. The van der Waals surface area contributed by atoms with Crippen LogP contribution in [0, 0.1) is 0 Å². The van der Waals surface area contributed by atoms with Crippen LogP contribution in [0.25, 0.3) is 78.3 Å². The van der Waals surface area contributed by atoms with E-state index in [1.54, 1.807) is 0 Å². The molecule has 12 rings (SSSR count). The molecule has 0 amide bonds. The van der Waals surface area contributed by atoms with Crippen LogP contribution in [0.2, 0.25) is 0 Å². The predicted molar refractivity (Wildman–Crippen MR) is 254 cm³/mol. The molecule has 0 atom stereocenters. The minimum atomic E-state index is -0.428. The van der Waals surface area contributed by atoms with Gasteiger partial charge in [0, 0.05) is 22.1 Å². The lowest BCUT2D eigenvalue weighted by Gasteiger charge is -2.46. The minimum Gasteiger partial charge on any atom is -0.208 e. The Morgan fingerprint density at radius 1 is 0.306 bits per heavy atom. The number of fused-ring (bicyclic) bond motifs is 10. The monoisotopic (exact) mass is 791 g/mol. The summed E-state index contributed by atoms with van der Waals surface area (Å²) >= 11 is 0. The number of hydrogen-bond donors (Lipinski definition) is 0. The van der Waals surface area contributed by atoms with Crippen LogP contribution in [0.5, 0.6) is 0 Å². The van der Waals surface area contributed by atoms with Gasteiger partial charge < -0.3 is 0 Å². The summed E-state index contributed by atoms with van der Waals surface area (Å²) in [5.41, 5.74) is 18.0. The number of benzene rings is 9. The Bertz CT molecular complexity index is 3260. The van der Waals surface area contributed by atoms with Crippen LogP contribution in [0.3, 0.4) is 0 Å². The van der Waals surface area contributed by atoms with E-state index < -0.39 is 5.41 Å². The molecule has 2 aliphatic rings. The molecule has 1 heterocycles. The topological polar surface area (TPSA) is 38.7 Å². The lowest BCUT2D eigenvalue weighted by Crippen LogP contribution is -2.40. The van der Waals surface area contributed by atoms with Crippen LogP contribution in [0.15, 0.2) is 212 Å². The first-order valence-corrected chi connectivity index (χ1v) is 21.4. The van der Waals surface area contributed by atoms with Crippen LogP contribution >= 0.6 is 0 Å². The number of hydrogen-bond acceptors (Lipinski definition) is 3. The van der Waals surface area contributed by atoms with E-state index in [2.05, 4.69) is 166 Å². The molecule has 0 N–H and O–H groups in total. The molecule has 1 spiro atoms. The second kappa shape index (κ2) is 13.9. The first-order chi connectivity index (χ1) is 30.5. The van der Waals surface area contributed by atoms with Crippen LogP contribution in [-0.4, -0.2) is 15.0 Å². The van der Waals surface area contributed by atoms with Crippen molar-refractivity contribution in [3.05, 3.63) is 246 Å². The Morgan fingerprint density at radius 3 is 1.35 bits per heavy atom. The third-order valence-electron chi connectivity index (χ3n) is 13.4. The van der Waals surface area contributed by atoms with E-state index in [4.69, 9.17) is 15.0 Å². The highest BCUT2D eigenvalue weighted by atomic mass is 15.0. The summed E-state index contributed by atoms with van der Waals surface area (Å²) in [7, 11) is 0. The maximum Gasteiger partial charge on any atom is 0.164 e. The van der Waals surface area contributed by atoms with Crippen molar-refractivity contribution >= 4 is 10.8 Å². The lowest BCUT2D eigenvalue weighted by atomic mass is 9.55. The summed E-state index contributed by atoms with van der Waals surface area (Å²) in [5.74, 6) is 1.96. The predicted octanol–water partition coefficient (Wildman–Crippen LogP) is 14.4. The molecule has 10 aromatic rings. The zero-order valence-corrected chi connectivity index (χ0v) is 34.5. The average molecular weight is 792 g/mol. The van der Waals surface area contributed by atoms with E-state index in [1.165, 1.54) is 66.4 Å². The Morgan fingerprint density at radius 2 is 0.742 bits per heavy atom. The van der Waals surface area contributed by atoms with Crippen molar-refractivity contribution in [2.24, 2.45) is 0 Å². The second-order valence-electron chi connectivity index (χ2n) is 17.1. The van der Waals surface area contributed by atoms with Gasteiger partial charge in [-0.2, -0.15) is 0 Å². The number of nitrogens with zero attached hydrogens (tertiary/aromatic N) is 3. The fourth-order valence-corrected chi connectivity index (χ4v) is 10.6. The molecule has 292 valence electrons. The fourth-order valence-electron chi connectivity index (χ4n) is 10.6. The molecule has 3 nitrogen and oxygen atoms in total. The van der Waals surface area contributed by atoms with Gasteiger partial charge in [-0.05, 0) is 83.6 Å². The standard InChI is InChI=1S/C59H41N3/c1-58(2)49-26-11-13-28-51(49)59(52-29-14-12-27-50(52)58)48-25-10-9-22-47(48)54-46(24-16-30-53(54)59)45-23-15-21-43-37-42(35-36-44(43)45)38-31-33-41(34-32-38)57-61-55(39-17-5-3-6-18-39)60-56(62-57)40-19-7-4-8-20-40/h3-37H,1-2H3. The molecule has 0 aliphatic heterocycles. The molecule has 0 unspecified atom stereocenters. The van der Waals surface area contributed by atoms with E-state index in [0.29, 0.717) is 17.5 Å². The van der Waals surface area contributed by atoms with E-state index in [0.717, 1.165) is 27.8 Å². The van der Waals surface area contributed by atoms with Gasteiger partial charge in [0.15, 0.2) is 17.5 Å². The summed E-state index contributed by atoms with van der Waals surface area (Å²) < 4.78 is 0. The Hall–Kier alpha value is -7.75. The van der Waals surface area contributed by atoms with Crippen LogP contribution in [0.4, 0.5) is 0 Å². The van der Waals surface area contributed by atoms with Crippen LogP contribution in [-0.2, 0) is 10.8 Å². The summed E-state index contributed by atoms with van der Waals surface area (Å²) in [6.45, 7) is 4.76. The maximum absolute atomic E-state index is 4.95. The Kier molecular flexibility index (Phi) is 8.10. The van der Waals surface area contributed by atoms with Crippen molar-refractivity contribution in [3.63, 3.8) is 0 Å². The van der Waals surface area contributed by atoms with Gasteiger partial charge in [-0.3, -0.25) is 0 Å². The maximum atomic E-state index is 4.95. The third kappa shape index (κ3) is 5.34. The molecule has 0 bridgehead atoms. The molecule has 0 radical (unpaired) electrons. The second-order valence-corrected chi connectivity index (χ2v) is 17.1. The summed E-state index contributed by atoms with van der Waals surface area (Å²) in [4.78, 5) is 14.8. The van der Waals surface area contributed by atoms with Crippen molar-refractivity contribution in [2.75, 3.05) is 0 Å². The molecule has 0 saturated carbocycles. The summed E-state index contributed by atoms with van der Waals surface area (Å²) in [5, 5.41) is 2.44. The van der Waals surface area contributed by atoms with Gasteiger partial charge >= 0.3 is 0 Å². The van der Waals surface area contributed by atoms with Crippen molar-refractivity contribution in [1.82, 2.24) is 15.0 Å². The van der Waals surface area contributed by atoms with E-state index in [9.17, 15) is 0 Å². The quantitative estimate of drug-likeness (QED) is 0.174. The van der Waals surface area contributed by atoms with Crippen LogP contribution in [0.1, 0.15) is 47.2 Å². The van der Waals surface area contributed by atoms with Gasteiger partial charge in [0.1, 0.15) is 0 Å². The smallest absolute Gasteiger partial charge is 0.164 e. The molecule has 0 fully saturated rings. The lowest BCUT2D eigenvalue weighted by molar-refractivity contribution is 0.563. The van der Waals surface area contributed by atoms with Gasteiger partial charge in [-0.15, -0.1) is 0 Å². The molecular formula is C59H41N3. The van der Waals surface area contributed by atoms with Crippen molar-refractivity contribution in [3.8, 4) is 67.5 Å². The SMILES string of the molecule is CC1(C)c2ccccc2C2(c3ccccc3-c3c(-c4cccc5cc(-c6ccc(-c7nc(-c8ccccc8)nc(-c8ccccc8)n7)cc6)ccc45)cccc32)c2ccccc21. The minimum absolute atomic E-state index is 0.133. The highest BCUT2D eigenvalue weighted by molar-refractivity contribution is 6.05. The Balaban J connectivity index is 0.962. The molecule has 9 aromatic carbocycles. The first-order valence-electron chi connectivity index (χ1n) is 21.4. The zero-order chi connectivity index (χ0) is 41.4. The van der Waals surface area contributed by atoms with Gasteiger partial charge in [0.2, 0.25) is 0 Å². The molecule has 1 aromatic heterocycles. The van der Waals surface area contributed by atoms with Crippen molar-refractivity contribution in [1.29, 1.82) is 0 Å². The third-order valence-corrected chi connectivity index (χ3v) is 13.4. The summed E-state index contributed by atoms with van der Waals surface area (Å²) in [6.07, 6.45) is 0. The average Bonchev–Trinajstić information content (AvgIpc) is 3.64. The highest BCUT2D eigenvalue weighted by Gasteiger charge is 2.53. The van der Waals surface area contributed by atoms with Gasteiger partial charge in [0.25, 0.3) is 0 Å². The summed E-state index contributed by atoms with van der Waals surface area (Å²) in [6, 6.07) is 76.9. The van der Waals surface area contributed by atoms with E-state index in [1.807, 2.05) is 60.7 Å².